The summed E-state index contributed by atoms with van der Waals surface area (Å²) in [5.41, 5.74) is 8.45. The van der Waals surface area contributed by atoms with Crippen LogP contribution in [0.2, 0.25) is 0 Å². The van der Waals surface area contributed by atoms with E-state index >= 15 is 0 Å². The van der Waals surface area contributed by atoms with Gasteiger partial charge < -0.3 is 0 Å². The molecule has 8 aromatic rings. The van der Waals surface area contributed by atoms with E-state index < -0.39 is 13.2 Å². The molecule has 0 radical (unpaired) electrons. The van der Waals surface area contributed by atoms with Gasteiger partial charge in [0.25, 0.3) is 0 Å². The average Bonchev–Trinajstić information content (AvgIpc) is 3.51. The molecule has 204 valence electrons. The van der Waals surface area contributed by atoms with E-state index in [0.29, 0.717) is 16.7 Å². The Morgan fingerprint density at radius 2 is 1.05 bits per heavy atom. The van der Waals surface area contributed by atoms with Gasteiger partial charge in [-0.15, -0.1) is 0 Å². The van der Waals surface area contributed by atoms with Crippen LogP contribution in [0.25, 0.3) is 71.6 Å². The Labute approximate surface area is 257 Å². The van der Waals surface area contributed by atoms with Gasteiger partial charge in [0, 0.05) is 31.3 Å². The molecule has 0 aliphatic rings. The average molecular weight is 557 g/mol. The quantitative estimate of drug-likeness (QED) is 0.197. The first-order valence-corrected chi connectivity index (χ1v) is 14.3. The zero-order valence-corrected chi connectivity index (χ0v) is 23.2. The highest BCUT2D eigenvalue weighted by atomic mass is 15.1. The fraction of sp³-hybridized carbons (Fsp3) is 0.0500. The number of aryl methyl sites for hydroxylation is 1. The van der Waals surface area contributed by atoms with Gasteiger partial charge in [-0.25, -0.2) is 4.98 Å². The fourth-order valence-corrected chi connectivity index (χ4v) is 6.27. The van der Waals surface area contributed by atoms with Crippen molar-refractivity contribution < 1.29 is 6.85 Å². The molecule has 2 aromatic heterocycles. The van der Waals surface area contributed by atoms with Gasteiger partial charge in [-0.1, -0.05) is 104 Å². The number of nitrogens with zero attached hydrogens (tertiary/aromatic N) is 3. The molecule has 2 heterocycles. The van der Waals surface area contributed by atoms with E-state index in [1.54, 1.807) is 23.0 Å². The van der Waals surface area contributed by atoms with E-state index in [4.69, 9.17) is 6.85 Å². The van der Waals surface area contributed by atoms with E-state index in [-0.39, 0.29) is 5.82 Å². The summed E-state index contributed by atoms with van der Waals surface area (Å²) in [4.78, 5) is 8.63. The maximum atomic E-state index is 8.56. The SMILES string of the molecule is [2H]C([2H])([2H])C([2H])([2H])c1nc2ccccc2n1-c1ccc(-c2c3ccccc3c(-c3ccc(-c4ccncc4)cc3)c3ccccc23)cc1. The summed E-state index contributed by atoms with van der Waals surface area (Å²) in [7, 11) is 0. The van der Waals surface area contributed by atoms with Crippen LogP contribution in [0.5, 0.6) is 0 Å². The third-order valence-electron chi connectivity index (χ3n) is 8.21. The molecule has 6 aromatic carbocycles. The number of rotatable bonds is 5. The second kappa shape index (κ2) is 10.4. The molecule has 0 aliphatic heterocycles. The molecule has 0 amide bonds. The van der Waals surface area contributed by atoms with Crippen molar-refractivity contribution in [3.63, 3.8) is 0 Å². The van der Waals surface area contributed by atoms with Crippen molar-refractivity contribution in [3.8, 4) is 39.1 Å². The first-order chi connectivity index (χ1) is 23.2. The number of para-hydroxylation sites is 2. The summed E-state index contributed by atoms with van der Waals surface area (Å²) in [5.74, 6) is -0.147. The van der Waals surface area contributed by atoms with Crippen LogP contribution in [0.15, 0.2) is 146 Å². The maximum Gasteiger partial charge on any atom is 0.114 e. The molecule has 0 unspecified atom stereocenters. The van der Waals surface area contributed by atoms with Gasteiger partial charge in [0.15, 0.2) is 0 Å². The monoisotopic (exact) mass is 556 g/mol. The summed E-state index contributed by atoms with van der Waals surface area (Å²) in [5, 5.41) is 4.51. The Bertz CT molecular complexity index is 2390. The topological polar surface area (TPSA) is 30.7 Å². The smallest absolute Gasteiger partial charge is 0.114 e. The predicted octanol–water partition coefficient (Wildman–Crippen LogP) is 10.3. The Hall–Kier alpha value is -5.54. The summed E-state index contributed by atoms with van der Waals surface area (Å²) in [6.07, 6.45) is 0.950. The molecule has 0 atom stereocenters. The molecule has 0 N–H and O–H groups in total. The van der Waals surface area contributed by atoms with Crippen molar-refractivity contribution in [2.75, 3.05) is 0 Å². The first-order valence-electron chi connectivity index (χ1n) is 16.8. The fourth-order valence-electron chi connectivity index (χ4n) is 6.27. The van der Waals surface area contributed by atoms with Crippen molar-refractivity contribution in [2.24, 2.45) is 0 Å². The molecular formula is C40H29N3. The van der Waals surface area contributed by atoms with Crippen molar-refractivity contribution in [1.29, 1.82) is 0 Å². The van der Waals surface area contributed by atoms with Gasteiger partial charge in [-0.3, -0.25) is 9.55 Å². The van der Waals surface area contributed by atoms with Crippen LogP contribution in [0.3, 0.4) is 0 Å². The van der Waals surface area contributed by atoms with E-state index in [0.717, 1.165) is 49.4 Å². The lowest BCUT2D eigenvalue weighted by molar-refractivity contribution is 0.908. The molecule has 0 fully saturated rings. The van der Waals surface area contributed by atoms with Crippen molar-refractivity contribution in [1.82, 2.24) is 14.5 Å². The number of hydrogen-bond acceptors (Lipinski definition) is 2. The maximum absolute atomic E-state index is 8.56. The second-order valence-corrected chi connectivity index (χ2v) is 10.6. The lowest BCUT2D eigenvalue weighted by atomic mass is 9.85. The Morgan fingerprint density at radius 3 is 1.63 bits per heavy atom. The van der Waals surface area contributed by atoms with Crippen LogP contribution in [-0.2, 0) is 6.37 Å². The van der Waals surface area contributed by atoms with Crippen LogP contribution in [0.1, 0.15) is 19.5 Å². The van der Waals surface area contributed by atoms with Crippen LogP contribution in [0.4, 0.5) is 0 Å². The third kappa shape index (κ3) is 4.21. The Kier molecular flexibility index (Phi) is 4.91. The van der Waals surface area contributed by atoms with Crippen LogP contribution < -0.4 is 0 Å². The van der Waals surface area contributed by atoms with E-state index in [2.05, 4.69) is 82.8 Å². The molecule has 0 saturated heterocycles. The molecule has 43 heavy (non-hydrogen) atoms. The predicted molar refractivity (Wildman–Crippen MR) is 180 cm³/mol. The van der Waals surface area contributed by atoms with Gasteiger partial charge in [0.2, 0.25) is 0 Å². The summed E-state index contributed by atoms with van der Waals surface area (Å²) < 4.78 is 42.6. The standard InChI is InChI=1S/C40H29N3/c1-2-38-42-36-13-7-8-14-37(36)43(38)31-21-19-30(20-22-31)40-34-11-5-3-9-32(34)39(33-10-4-6-12-35(33)40)29-17-15-27(16-18-29)28-23-25-41-26-24-28/h3-26H,2H2,1H3/i1D3,2D2. The largest absolute Gasteiger partial charge is 0.296 e. The molecule has 3 heteroatoms. The molecular weight excluding hydrogens is 522 g/mol. The first kappa shape index (κ1) is 20.4. The van der Waals surface area contributed by atoms with Crippen LogP contribution in [0, 0.1) is 0 Å². The summed E-state index contributed by atoms with van der Waals surface area (Å²) >= 11 is 0. The Balaban J connectivity index is 1.30. The molecule has 8 rings (SSSR count). The van der Waals surface area contributed by atoms with Gasteiger partial charge in [0.1, 0.15) is 5.82 Å². The lowest BCUT2D eigenvalue weighted by Crippen LogP contribution is -2.00. The molecule has 3 nitrogen and oxygen atoms in total. The number of benzene rings is 6. The zero-order valence-electron chi connectivity index (χ0n) is 28.2. The number of pyridine rings is 1. The van der Waals surface area contributed by atoms with E-state index in [1.165, 1.54) is 5.56 Å². The lowest BCUT2D eigenvalue weighted by Gasteiger charge is -2.18. The molecule has 0 spiro atoms. The van der Waals surface area contributed by atoms with E-state index in [1.807, 2.05) is 54.6 Å². The van der Waals surface area contributed by atoms with Gasteiger partial charge in [-0.2, -0.15) is 0 Å². The van der Waals surface area contributed by atoms with Crippen LogP contribution >= 0.6 is 0 Å². The molecule has 0 aliphatic carbocycles. The highest BCUT2D eigenvalue weighted by Crippen LogP contribution is 2.44. The van der Waals surface area contributed by atoms with Crippen molar-refractivity contribution in [3.05, 3.63) is 152 Å². The summed E-state index contributed by atoms with van der Waals surface area (Å²) in [6.45, 7) is -2.90. The van der Waals surface area contributed by atoms with E-state index in [9.17, 15) is 0 Å². The minimum atomic E-state index is -2.90. The zero-order chi connectivity index (χ0) is 33.0. The number of aromatic nitrogens is 3. The summed E-state index contributed by atoms with van der Waals surface area (Å²) in [6, 6.07) is 44.8. The van der Waals surface area contributed by atoms with Crippen LogP contribution in [-0.4, -0.2) is 14.5 Å². The minimum absolute atomic E-state index is 0.147. The van der Waals surface area contributed by atoms with Gasteiger partial charge in [-0.05, 0) is 91.3 Å². The Morgan fingerprint density at radius 1 is 0.558 bits per heavy atom. The number of fused-ring (bicyclic) bond motifs is 3. The van der Waals surface area contributed by atoms with Crippen molar-refractivity contribution >= 4 is 32.6 Å². The number of imidazole rings is 1. The highest BCUT2D eigenvalue weighted by Gasteiger charge is 2.17. The van der Waals surface area contributed by atoms with Crippen molar-refractivity contribution in [2.45, 2.75) is 13.2 Å². The minimum Gasteiger partial charge on any atom is -0.296 e. The molecule has 0 bridgehead atoms. The van der Waals surface area contributed by atoms with Gasteiger partial charge in [0.05, 0.1) is 11.0 Å². The normalized spacial score (nSPS) is 13.8. The molecule has 0 saturated carbocycles. The number of hydrogen-bond donors (Lipinski definition) is 0. The van der Waals surface area contributed by atoms with Gasteiger partial charge >= 0.3 is 0 Å². The second-order valence-electron chi connectivity index (χ2n) is 10.6. The highest BCUT2D eigenvalue weighted by molar-refractivity contribution is 6.21. The third-order valence-corrected chi connectivity index (χ3v) is 8.21.